The molecular formula is C13H20BrN3O3. The number of aromatic nitrogens is 2. The van der Waals surface area contributed by atoms with Crippen LogP contribution in [-0.4, -0.2) is 43.3 Å². The van der Waals surface area contributed by atoms with Gasteiger partial charge in [0.1, 0.15) is 4.47 Å². The Hall–Kier alpha value is -0.920. The van der Waals surface area contributed by atoms with Crippen molar-refractivity contribution in [3.63, 3.8) is 0 Å². The predicted molar refractivity (Wildman–Crippen MR) is 80.1 cm³/mol. The van der Waals surface area contributed by atoms with Crippen molar-refractivity contribution >= 4 is 21.6 Å². The molecule has 7 heteroatoms. The Kier molecular flexibility index (Phi) is 5.56. The van der Waals surface area contributed by atoms with Gasteiger partial charge in [0, 0.05) is 27.3 Å². The first-order valence-electron chi connectivity index (χ1n) is 6.67. The number of ether oxygens (including phenoxy) is 2. The lowest BCUT2D eigenvalue weighted by atomic mass is 10.3. The molecule has 0 saturated heterocycles. The molecule has 1 heterocycles. The van der Waals surface area contributed by atoms with Gasteiger partial charge in [-0.05, 0) is 34.7 Å². The summed E-state index contributed by atoms with van der Waals surface area (Å²) in [4.78, 5) is 12.2. The van der Waals surface area contributed by atoms with Crippen molar-refractivity contribution in [3.8, 4) is 0 Å². The number of anilines is 1. The maximum absolute atomic E-state index is 12.2. The average Bonchev–Trinajstić information content (AvgIpc) is 3.25. The summed E-state index contributed by atoms with van der Waals surface area (Å²) in [5.74, 6) is 0.616. The summed E-state index contributed by atoms with van der Waals surface area (Å²) in [5.41, 5.74) is 0.586. The second-order valence-corrected chi connectivity index (χ2v) is 5.79. The van der Waals surface area contributed by atoms with E-state index < -0.39 is 0 Å². The lowest BCUT2D eigenvalue weighted by Gasteiger charge is -2.16. The van der Waals surface area contributed by atoms with Crippen molar-refractivity contribution < 1.29 is 9.47 Å². The molecular weight excluding hydrogens is 326 g/mol. The highest BCUT2D eigenvalue weighted by Crippen LogP contribution is 2.30. The summed E-state index contributed by atoms with van der Waals surface area (Å²) in [6, 6.07) is 0. The van der Waals surface area contributed by atoms with Crippen LogP contribution < -0.4 is 10.9 Å². The summed E-state index contributed by atoms with van der Waals surface area (Å²) in [7, 11) is 3.26. The van der Waals surface area contributed by atoms with Crippen LogP contribution in [0, 0.1) is 5.92 Å². The Bertz CT molecular complexity index is 502. The molecule has 2 rings (SSSR count). The minimum Gasteiger partial charge on any atom is -0.382 e. The molecule has 0 aliphatic heterocycles. The molecule has 1 aliphatic rings. The molecule has 1 aromatic rings. The zero-order valence-electron chi connectivity index (χ0n) is 11.8. The third kappa shape index (κ3) is 4.04. The third-order valence-corrected chi connectivity index (χ3v) is 4.09. The van der Waals surface area contributed by atoms with Crippen LogP contribution >= 0.6 is 15.9 Å². The van der Waals surface area contributed by atoms with E-state index in [-0.39, 0.29) is 11.7 Å². The van der Waals surface area contributed by atoms with E-state index in [4.69, 9.17) is 9.47 Å². The van der Waals surface area contributed by atoms with Crippen molar-refractivity contribution in [3.05, 3.63) is 21.0 Å². The van der Waals surface area contributed by atoms with E-state index in [0.29, 0.717) is 35.8 Å². The van der Waals surface area contributed by atoms with E-state index in [0.717, 1.165) is 0 Å². The van der Waals surface area contributed by atoms with Crippen molar-refractivity contribution in [2.75, 3.05) is 32.7 Å². The first-order chi connectivity index (χ1) is 9.65. The highest BCUT2D eigenvalue weighted by Gasteiger charge is 2.23. The summed E-state index contributed by atoms with van der Waals surface area (Å²) >= 11 is 3.34. The minimum absolute atomic E-state index is 0.0687. The highest BCUT2D eigenvalue weighted by atomic mass is 79.9. The van der Waals surface area contributed by atoms with Crippen LogP contribution in [0.5, 0.6) is 0 Å². The average molecular weight is 346 g/mol. The SMILES string of the molecule is COCC(CNc1cnn(CC2CC2)c(=O)c1Br)OC. The summed E-state index contributed by atoms with van der Waals surface area (Å²) in [6.45, 7) is 1.76. The molecule has 20 heavy (non-hydrogen) atoms. The molecule has 1 atom stereocenters. The second-order valence-electron chi connectivity index (χ2n) is 5.00. The largest absolute Gasteiger partial charge is 0.382 e. The maximum Gasteiger partial charge on any atom is 0.283 e. The van der Waals surface area contributed by atoms with Gasteiger partial charge in [-0.15, -0.1) is 0 Å². The van der Waals surface area contributed by atoms with Gasteiger partial charge in [0.05, 0.1) is 24.6 Å². The fourth-order valence-electron chi connectivity index (χ4n) is 1.88. The molecule has 0 bridgehead atoms. The number of nitrogens with one attached hydrogen (secondary N) is 1. The molecule has 0 radical (unpaired) electrons. The Balaban J connectivity index is 2.01. The molecule has 1 unspecified atom stereocenters. The zero-order valence-corrected chi connectivity index (χ0v) is 13.4. The van der Waals surface area contributed by atoms with Gasteiger partial charge >= 0.3 is 0 Å². The topological polar surface area (TPSA) is 65.4 Å². The Morgan fingerprint density at radius 1 is 1.55 bits per heavy atom. The van der Waals surface area contributed by atoms with Crippen molar-refractivity contribution in [2.24, 2.45) is 5.92 Å². The first kappa shape index (κ1) is 15.5. The van der Waals surface area contributed by atoms with Gasteiger partial charge < -0.3 is 14.8 Å². The van der Waals surface area contributed by atoms with Gasteiger partial charge in [-0.25, -0.2) is 4.68 Å². The van der Waals surface area contributed by atoms with Crippen LogP contribution in [0.2, 0.25) is 0 Å². The zero-order chi connectivity index (χ0) is 14.5. The molecule has 1 N–H and O–H groups in total. The molecule has 1 fully saturated rings. The lowest BCUT2D eigenvalue weighted by Crippen LogP contribution is -2.29. The Labute approximate surface area is 126 Å². The molecule has 1 aromatic heterocycles. The van der Waals surface area contributed by atoms with Gasteiger partial charge in [0.15, 0.2) is 0 Å². The minimum atomic E-state index is -0.0948. The number of rotatable bonds is 8. The molecule has 0 amide bonds. The molecule has 0 aromatic carbocycles. The summed E-state index contributed by atoms with van der Waals surface area (Å²) in [6.07, 6.45) is 3.99. The van der Waals surface area contributed by atoms with E-state index >= 15 is 0 Å². The fourth-order valence-corrected chi connectivity index (χ4v) is 2.33. The normalized spacial score (nSPS) is 16.1. The van der Waals surface area contributed by atoms with Crippen LogP contribution in [0.4, 0.5) is 5.69 Å². The van der Waals surface area contributed by atoms with Crippen LogP contribution in [0.3, 0.4) is 0 Å². The van der Waals surface area contributed by atoms with Crippen molar-refractivity contribution in [2.45, 2.75) is 25.5 Å². The molecule has 0 spiro atoms. The van der Waals surface area contributed by atoms with Gasteiger partial charge in [0.25, 0.3) is 5.56 Å². The second kappa shape index (κ2) is 7.19. The number of methoxy groups -OCH3 is 2. The van der Waals surface area contributed by atoms with Gasteiger partial charge in [0.2, 0.25) is 0 Å². The van der Waals surface area contributed by atoms with E-state index in [9.17, 15) is 4.79 Å². The van der Waals surface area contributed by atoms with E-state index in [1.54, 1.807) is 20.4 Å². The van der Waals surface area contributed by atoms with Crippen molar-refractivity contribution in [1.82, 2.24) is 9.78 Å². The quantitative estimate of drug-likeness (QED) is 0.773. The molecule has 1 aliphatic carbocycles. The fraction of sp³-hybridized carbons (Fsp3) is 0.692. The Morgan fingerprint density at radius 3 is 2.90 bits per heavy atom. The molecule has 1 saturated carbocycles. The third-order valence-electron chi connectivity index (χ3n) is 3.32. The number of hydrogen-bond acceptors (Lipinski definition) is 5. The van der Waals surface area contributed by atoms with Crippen LogP contribution in [0.25, 0.3) is 0 Å². The van der Waals surface area contributed by atoms with Crippen LogP contribution in [0.1, 0.15) is 12.8 Å². The van der Waals surface area contributed by atoms with Gasteiger partial charge in [-0.1, -0.05) is 0 Å². The maximum atomic E-state index is 12.2. The smallest absolute Gasteiger partial charge is 0.283 e. The lowest BCUT2D eigenvalue weighted by molar-refractivity contribution is 0.0365. The van der Waals surface area contributed by atoms with Crippen LogP contribution in [-0.2, 0) is 16.0 Å². The Morgan fingerprint density at radius 2 is 2.30 bits per heavy atom. The van der Waals surface area contributed by atoms with E-state index in [2.05, 4.69) is 26.3 Å². The standard InChI is InChI=1S/C13H20BrN3O3/c1-19-8-10(20-2)5-15-11-6-16-17(7-9-3-4-9)13(18)12(11)14/h6,9-10,15H,3-5,7-8H2,1-2H3. The summed E-state index contributed by atoms with van der Waals surface area (Å²) in [5, 5.41) is 7.37. The first-order valence-corrected chi connectivity index (χ1v) is 7.46. The van der Waals surface area contributed by atoms with Gasteiger partial charge in [-0.3, -0.25) is 4.79 Å². The van der Waals surface area contributed by atoms with E-state index in [1.807, 2.05) is 0 Å². The van der Waals surface area contributed by atoms with Crippen LogP contribution in [0.15, 0.2) is 15.5 Å². The molecule has 6 nitrogen and oxygen atoms in total. The number of hydrogen-bond donors (Lipinski definition) is 1. The van der Waals surface area contributed by atoms with Crippen molar-refractivity contribution in [1.29, 1.82) is 0 Å². The number of halogens is 1. The molecule has 112 valence electrons. The predicted octanol–water partition coefficient (Wildman–Crippen LogP) is 1.49. The monoisotopic (exact) mass is 345 g/mol. The summed E-state index contributed by atoms with van der Waals surface area (Å²) < 4.78 is 12.3. The van der Waals surface area contributed by atoms with E-state index in [1.165, 1.54) is 17.5 Å². The number of nitrogens with zero attached hydrogens (tertiary/aromatic N) is 2. The van der Waals surface area contributed by atoms with Gasteiger partial charge in [-0.2, -0.15) is 5.10 Å². The highest BCUT2D eigenvalue weighted by molar-refractivity contribution is 9.10.